The minimum absolute atomic E-state index is 0.0788. The summed E-state index contributed by atoms with van der Waals surface area (Å²) in [6.07, 6.45) is 7.07. The van der Waals surface area contributed by atoms with Gasteiger partial charge in [-0.05, 0) is 102 Å². The standard InChI is InChI=1S/C42H54N12/c1-25-21-43-29(5)47(25)51-35-17-15-33(41(9,10)11)19-37(35)53(49-27(3)23-45-31(49)7)39(51)40-52(48-26(2)22-44-30(48)6)36-18-16-34(42(12,13)14)20-38(36)54(40)50-28(4)24-46-32(50)8/h15-24,39-40H,1-14H3. The summed E-state index contributed by atoms with van der Waals surface area (Å²) in [5.41, 5.74) is 10.8. The Kier molecular flexibility index (Phi) is 7.89. The molecule has 2 aliphatic heterocycles. The van der Waals surface area contributed by atoms with Crippen LogP contribution in [0, 0.1) is 55.4 Å². The molecule has 4 aromatic heterocycles. The number of aromatic nitrogens is 8. The maximum atomic E-state index is 4.89. The second-order valence-electron chi connectivity index (χ2n) is 17.1. The SMILES string of the molecule is Cc1cnc(C)n1N1c2ccc(C(C)(C)C)cc2N(n2c(C)cnc2C)C1C1N(n2c(C)cnc2C)c2ccc(C(C)(C)C)cc2N1n1c(C)cnc1C. The Morgan fingerprint density at radius 1 is 0.389 bits per heavy atom. The zero-order chi connectivity index (χ0) is 38.8. The summed E-state index contributed by atoms with van der Waals surface area (Å²) in [7, 11) is 0. The molecule has 2 aromatic carbocycles. The van der Waals surface area contributed by atoms with Crippen molar-refractivity contribution in [3.8, 4) is 0 Å². The maximum Gasteiger partial charge on any atom is 0.183 e. The van der Waals surface area contributed by atoms with Gasteiger partial charge in [0.2, 0.25) is 0 Å². The number of hydrogen-bond donors (Lipinski definition) is 0. The topological polar surface area (TPSA) is 84.2 Å². The van der Waals surface area contributed by atoms with Crippen LogP contribution in [0.5, 0.6) is 0 Å². The van der Waals surface area contributed by atoms with E-state index in [4.69, 9.17) is 19.9 Å². The van der Waals surface area contributed by atoms with Crippen LogP contribution in [0.15, 0.2) is 61.2 Å². The van der Waals surface area contributed by atoms with Crippen LogP contribution < -0.4 is 20.0 Å². The van der Waals surface area contributed by atoms with E-state index >= 15 is 0 Å². The molecule has 6 heterocycles. The van der Waals surface area contributed by atoms with E-state index in [1.54, 1.807) is 0 Å². The van der Waals surface area contributed by atoms with E-state index in [2.05, 4.69) is 172 Å². The Balaban J connectivity index is 1.53. The van der Waals surface area contributed by atoms with E-state index in [1.165, 1.54) is 11.1 Å². The molecule has 12 nitrogen and oxygen atoms in total. The summed E-state index contributed by atoms with van der Waals surface area (Å²) >= 11 is 0. The Hall–Kier alpha value is -5.52. The van der Waals surface area contributed by atoms with Crippen LogP contribution >= 0.6 is 0 Å². The van der Waals surface area contributed by atoms with Crippen LogP contribution in [0.4, 0.5) is 22.7 Å². The van der Waals surface area contributed by atoms with E-state index in [-0.39, 0.29) is 10.8 Å². The van der Waals surface area contributed by atoms with Gasteiger partial charge in [-0.1, -0.05) is 53.7 Å². The van der Waals surface area contributed by atoms with Crippen LogP contribution in [0.25, 0.3) is 0 Å². The lowest BCUT2D eigenvalue weighted by molar-refractivity contribution is 0.360. The highest BCUT2D eigenvalue weighted by molar-refractivity contribution is 5.84. The highest BCUT2D eigenvalue weighted by Gasteiger charge is 2.55. The highest BCUT2D eigenvalue weighted by atomic mass is 15.8. The largest absolute Gasteiger partial charge is 0.249 e. The number of hydrogen-bond acceptors (Lipinski definition) is 8. The van der Waals surface area contributed by atoms with Gasteiger partial charge in [0.25, 0.3) is 0 Å². The molecule has 0 radical (unpaired) electrons. The molecular formula is C42H54N12. The van der Waals surface area contributed by atoms with Crippen molar-refractivity contribution < 1.29 is 0 Å². The summed E-state index contributed by atoms with van der Waals surface area (Å²) in [5, 5.41) is 9.82. The van der Waals surface area contributed by atoms with Gasteiger partial charge in [0, 0.05) is 0 Å². The van der Waals surface area contributed by atoms with E-state index in [0.717, 1.165) is 68.8 Å². The van der Waals surface area contributed by atoms with Gasteiger partial charge in [-0.25, -0.2) is 58.7 Å². The number of benzene rings is 2. The van der Waals surface area contributed by atoms with Gasteiger partial charge in [0.1, 0.15) is 23.3 Å². The fourth-order valence-corrected chi connectivity index (χ4v) is 8.43. The molecule has 282 valence electrons. The van der Waals surface area contributed by atoms with Crippen molar-refractivity contribution in [3.05, 3.63) is 118 Å². The number of anilines is 4. The Labute approximate surface area is 319 Å². The van der Waals surface area contributed by atoms with Crippen molar-refractivity contribution in [3.63, 3.8) is 0 Å². The summed E-state index contributed by atoms with van der Waals surface area (Å²) in [4.78, 5) is 19.5. The summed E-state index contributed by atoms with van der Waals surface area (Å²) in [6.45, 7) is 30.6. The van der Waals surface area contributed by atoms with Crippen LogP contribution in [0.2, 0.25) is 0 Å². The molecule has 0 fully saturated rings. The molecule has 2 unspecified atom stereocenters. The van der Waals surface area contributed by atoms with Crippen LogP contribution in [0.3, 0.4) is 0 Å². The Bertz CT molecular complexity index is 2160. The molecule has 2 aliphatic rings. The molecule has 0 spiro atoms. The summed E-state index contributed by atoms with van der Waals surface area (Å²) in [5.74, 6) is 3.61. The molecule has 8 rings (SSSR count). The fourth-order valence-electron chi connectivity index (χ4n) is 8.43. The third-order valence-electron chi connectivity index (χ3n) is 11.1. The first-order chi connectivity index (χ1) is 25.4. The van der Waals surface area contributed by atoms with E-state index in [1.807, 2.05) is 24.8 Å². The molecule has 0 aliphatic carbocycles. The van der Waals surface area contributed by atoms with Crippen molar-refractivity contribution >= 4 is 22.7 Å². The zero-order valence-corrected chi connectivity index (χ0v) is 34.3. The lowest BCUT2D eigenvalue weighted by Crippen LogP contribution is -2.66. The van der Waals surface area contributed by atoms with Crippen molar-refractivity contribution in [2.75, 3.05) is 20.0 Å². The molecular weight excluding hydrogens is 673 g/mol. The van der Waals surface area contributed by atoms with Gasteiger partial charge in [-0.2, -0.15) is 0 Å². The molecule has 2 atom stereocenters. The van der Waals surface area contributed by atoms with Gasteiger partial charge in [0.15, 0.2) is 12.3 Å². The van der Waals surface area contributed by atoms with Gasteiger partial charge < -0.3 is 0 Å². The second kappa shape index (κ2) is 12.0. The summed E-state index contributed by atoms with van der Waals surface area (Å²) < 4.78 is 9.14. The average molecular weight is 727 g/mol. The maximum absolute atomic E-state index is 4.89. The third kappa shape index (κ3) is 5.16. The van der Waals surface area contributed by atoms with Gasteiger partial charge >= 0.3 is 0 Å². The lowest BCUT2D eigenvalue weighted by atomic mass is 9.86. The normalized spacial score (nSPS) is 17.3. The number of rotatable bonds is 5. The van der Waals surface area contributed by atoms with Gasteiger partial charge in [-0.3, -0.25) is 0 Å². The van der Waals surface area contributed by atoms with Crippen molar-refractivity contribution in [2.45, 2.75) is 120 Å². The second-order valence-corrected chi connectivity index (χ2v) is 17.1. The minimum atomic E-state index is -0.402. The molecule has 54 heavy (non-hydrogen) atoms. The first-order valence-corrected chi connectivity index (χ1v) is 18.9. The lowest BCUT2D eigenvalue weighted by Gasteiger charge is -2.45. The number of nitrogens with zero attached hydrogens (tertiary/aromatic N) is 12. The van der Waals surface area contributed by atoms with Crippen molar-refractivity contribution in [1.29, 1.82) is 0 Å². The zero-order valence-electron chi connectivity index (χ0n) is 34.3. The first-order valence-electron chi connectivity index (χ1n) is 18.9. The molecule has 0 saturated carbocycles. The molecule has 6 aromatic rings. The van der Waals surface area contributed by atoms with E-state index < -0.39 is 12.3 Å². The monoisotopic (exact) mass is 726 g/mol. The number of fused-ring (bicyclic) bond motifs is 2. The Morgan fingerprint density at radius 2 is 0.648 bits per heavy atom. The third-order valence-corrected chi connectivity index (χ3v) is 11.1. The Morgan fingerprint density at radius 3 is 0.870 bits per heavy atom. The molecule has 0 amide bonds. The first kappa shape index (κ1) is 35.5. The van der Waals surface area contributed by atoms with Crippen molar-refractivity contribution in [2.24, 2.45) is 0 Å². The minimum Gasteiger partial charge on any atom is -0.249 e. The predicted molar refractivity (Wildman–Crippen MR) is 216 cm³/mol. The van der Waals surface area contributed by atoms with Crippen LogP contribution in [0.1, 0.15) is 98.7 Å². The van der Waals surface area contributed by atoms with E-state index in [0.29, 0.717) is 0 Å². The van der Waals surface area contributed by atoms with Gasteiger partial charge in [0.05, 0.1) is 70.3 Å². The quantitative estimate of drug-likeness (QED) is 0.177. The smallest absolute Gasteiger partial charge is 0.183 e. The molecule has 0 N–H and O–H groups in total. The van der Waals surface area contributed by atoms with Crippen molar-refractivity contribution in [1.82, 2.24) is 38.6 Å². The molecule has 12 heteroatoms. The summed E-state index contributed by atoms with van der Waals surface area (Å²) in [6, 6.07) is 13.9. The number of imidazole rings is 4. The number of aryl methyl sites for hydroxylation is 8. The fraction of sp³-hybridized carbons (Fsp3) is 0.429. The van der Waals surface area contributed by atoms with Crippen LogP contribution in [-0.4, -0.2) is 51.0 Å². The van der Waals surface area contributed by atoms with Crippen LogP contribution in [-0.2, 0) is 10.8 Å². The molecule has 0 saturated heterocycles. The molecule has 0 bridgehead atoms. The van der Waals surface area contributed by atoms with Gasteiger partial charge in [-0.15, -0.1) is 0 Å². The highest BCUT2D eigenvalue weighted by Crippen LogP contribution is 2.51. The van der Waals surface area contributed by atoms with E-state index in [9.17, 15) is 0 Å². The predicted octanol–water partition coefficient (Wildman–Crippen LogP) is 7.99. The average Bonchev–Trinajstić information content (AvgIpc) is 3.92.